The first kappa shape index (κ1) is 17.7. The molecule has 0 saturated carbocycles. The lowest BCUT2D eigenvalue weighted by Gasteiger charge is -2.30. The van der Waals surface area contributed by atoms with Gasteiger partial charge in [0.25, 0.3) is 5.91 Å². The molecule has 0 spiro atoms. The number of likely N-dealkylation sites (tertiary alicyclic amines) is 1. The predicted octanol–water partition coefficient (Wildman–Crippen LogP) is 2.05. The molecule has 1 saturated heterocycles. The number of nitrogens with two attached hydrogens (primary N) is 1. The van der Waals surface area contributed by atoms with E-state index in [1.165, 1.54) is 6.21 Å². The highest BCUT2D eigenvalue weighted by atomic mass is 16.4. The molecule has 0 radical (unpaired) electrons. The molecule has 0 aliphatic carbocycles. The Kier molecular flexibility index (Phi) is 6.06. The van der Waals surface area contributed by atoms with Crippen molar-refractivity contribution in [2.45, 2.75) is 26.2 Å². The number of carbonyl (C=O) groups is 2. The van der Waals surface area contributed by atoms with Crippen molar-refractivity contribution in [3.05, 3.63) is 29.8 Å². The summed E-state index contributed by atoms with van der Waals surface area (Å²) in [6, 6.07) is 6.88. The lowest BCUT2D eigenvalue weighted by atomic mass is 9.98. The van der Waals surface area contributed by atoms with Gasteiger partial charge >= 0.3 is 5.97 Å². The van der Waals surface area contributed by atoms with E-state index in [-0.39, 0.29) is 18.0 Å². The number of carboxylic acids is 1. The molecule has 7 heteroatoms. The van der Waals surface area contributed by atoms with E-state index in [4.69, 9.17) is 10.9 Å². The Morgan fingerprint density at radius 1 is 1.29 bits per heavy atom. The van der Waals surface area contributed by atoms with Crippen LogP contribution in [-0.2, 0) is 4.79 Å². The molecule has 1 heterocycles. The van der Waals surface area contributed by atoms with Crippen LogP contribution in [0.3, 0.4) is 0 Å². The first-order valence-corrected chi connectivity index (χ1v) is 7.91. The predicted molar refractivity (Wildman–Crippen MR) is 92.8 cm³/mol. The maximum Gasteiger partial charge on any atom is 0.309 e. The van der Waals surface area contributed by atoms with Crippen LogP contribution >= 0.6 is 0 Å². The number of hydrazone groups is 1. The second-order valence-electron chi connectivity index (χ2n) is 5.97. The summed E-state index contributed by atoms with van der Waals surface area (Å²) in [7, 11) is 0. The number of hydrogen-bond acceptors (Lipinski definition) is 5. The van der Waals surface area contributed by atoms with Crippen molar-refractivity contribution in [3.63, 3.8) is 0 Å². The molecule has 1 aliphatic heterocycles. The summed E-state index contributed by atoms with van der Waals surface area (Å²) in [6.45, 7) is 3.80. The molecule has 7 nitrogen and oxygen atoms in total. The minimum Gasteiger partial charge on any atom is -0.481 e. The van der Waals surface area contributed by atoms with Gasteiger partial charge in [0.05, 0.1) is 24.0 Å². The van der Waals surface area contributed by atoms with Gasteiger partial charge in [-0.25, -0.2) is 0 Å². The average molecular weight is 330 g/mol. The lowest BCUT2D eigenvalue weighted by molar-refractivity contribution is -0.135. The molecule has 2 rings (SSSR count). The first-order chi connectivity index (χ1) is 11.5. The molecule has 0 aromatic heterocycles. The third-order valence-electron chi connectivity index (χ3n) is 4.05. The fourth-order valence-corrected chi connectivity index (χ4v) is 2.51. The van der Waals surface area contributed by atoms with Crippen LogP contribution in [0.25, 0.3) is 0 Å². The highest BCUT2D eigenvalue weighted by Crippen LogP contribution is 2.19. The van der Waals surface area contributed by atoms with Crippen molar-refractivity contribution >= 4 is 29.5 Å². The number of nitrogens with zero attached hydrogens (tertiary/aromatic N) is 3. The Balaban J connectivity index is 2.00. The molecule has 1 aromatic carbocycles. The smallest absolute Gasteiger partial charge is 0.309 e. The van der Waals surface area contributed by atoms with Crippen molar-refractivity contribution in [1.82, 2.24) is 4.90 Å². The van der Waals surface area contributed by atoms with E-state index < -0.39 is 5.97 Å². The van der Waals surface area contributed by atoms with E-state index in [1.807, 2.05) is 4.90 Å². The standard InChI is InChI=1S/C17H22N4O3/c1-12-6-8-21(9-7-12)17(24)13-2-4-14(5-3-13)19-11-15(20-18)10-16(22)23/h2-5,11-12H,6-10,18H2,1H3,(H,22,23). The van der Waals surface area contributed by atoms with Crippen LogP contribution in [0.4, 0.5) is 5.69 Å². The fourth-order valence-electron chi connectivity index (χ4n) is 2.51. The van der Waals surface area contributed by atoms with Gasteiger partial charge in [-0.2, -0.15) is 5.10 Å². The third-order valence-corrected chi connectivity index (χ3v) is 4.05. The Bertz CT molecular complexity index is 644. The second-order valence-corrected chi connectivity index (χ2v) is 5.97. The third kappa shape index (κ3) is 4.91. The van der Waals surface area contributed by atoms with Crippen LogP contribution in [-0.4, -0.2) is 46.9 Å². The molecule has 1 aliphatic rings. The maximum absolute atomic E-state index is 12.4. The van der Waals surface area contributed by atoms with Crippen LogP contribution in [0.15, 0.2) is 34.4 Å². The summed E-state index contributed by atoms with van der Waals surface area (Å²) >= 11 is 0. The van der Waals surface area contributed by atoms with Gasteiger partial charge in [-0.15, -0.1) is 0 Å². The number of benzene rings is 1. The second kappa shape index (κ2) is 8.24. The zero-order valence-corrected chi connectivity index (χ0v) is 13.7. The molecule has 3 N–H and O–H groups in total. The number of hydrogen-bond donors (Lipinski definition) is 2. The van der Waals surface area contributed by atoms with E-state index >= 15 is 0 Å². The Morgan fingerprint density at radius 2 is 1.92 bits per heavy atom. The van der Waals surface area contributed by atoms with Crippen LogP contribution < -0.4 is 5.84 Å². The highest BCUT2D eigenvalue weighted by molar-refractivity contribution is 6.34. The summed E-state index contributed by atoms with van der Waals surface area (Å²) < 4.78 is 0. The number of amides is 1. The van der Waals surface area contributed by atoms with Crippen molar-refractivity contribution in [2.75, 3.05) is 13.1 Å². The maximum atomic E-state index is 12.4. The van der Waals surface area contributed by atoms with Gasteiger partial charge < -0.3 is 15.8 Å². The van der Waals surface area contributed by atoms with E-state index in [9.17, 15) is 9.59 Å². The van der Waals surface area contributed by atoms with Crippen molar-refractivity contribution in [2.24, 2.45) is 21.9 Å². The molecule has 0 bridgehead atoms. The zero-order chi connectivity index (χ0) is 17.5. The van der Waals surface area contributed by atoms with Gasteiger partial charge in [0, 0.05) is 18.7 Å². The van der Waals surface area contributed by atoms with E-state index in [2.05, 4.69) is 17.0 Å². The van der Waals surface area contributed by atoms with Crippen LogP contribution in [0.1, 0.15) is 36.5 Å². The molecule has 128 valence electrons. The molecular weight excluding hydrogens is 308 g/mol. The van der Waals surface area contributed by atoms with Crippen LogP contribution in [0.5, 0.6) is 0 Å². The Labute approximate surface area is 140 Å². The molecule has 1 amide bonds. The minimum absolute atomic E-state index is 0.0347. The summed E-state index contributed by atoms with van der Waals surface area (Å²) in [5.74, 6) is 4.81. The Hall–Kier alpha value is -2.70. The summed E-state index contributed by atoms with van der Waals surface area (Å²) in [5, 5.41) is 12.1. The quantitative estimate of drug-likeness (QED) is 0.489. The van der Waals surface area contributed by atoms with Crippen LogP contribution in [0.2, 0.25) is 0 Å². The summed E-state index contributed by atoms with van der Waals surface area (Å²) in [4.78, 5) is 29.1. The molecular formula is C17H22N4O3. The molecule has 0 atom stereocenters. The Morgan fingerprint density at radius 3 is 2.46 bits per heavy atom. The normalized spacial score (nSPS) is 16.5. The van der Waals surface area contributed by atoms with Crippen molar-refractivity contribution in [3.8, 4) is 0 Å². The van der Waals surface area contributed by atoms with Crippen LogP contribution in [0, 0.1) is 5.92 Å². The first-order valence-electron chi connectivity index (χ1n) is 7.91. The topological polar surface area (TPSA) is 108 Å². The zero-order valence-electron chi connectivity index (χ0n) is 13.7. The van der Waals surface area contributed by atoms with Crippen molar-refractivity contribution < 1.29 is 14.7 Å². The molecule has 1 fully saturated rings. The SMILES string of the molecule is CC1CCN(C(=O)c2ccc(N=CC(CC(=O)O)=NN)cc2)CC1. The van der Waals surface area contributed by atoms with E-state index in [0.717, 1.165) is 25.9 Å². The fraction of sp³-hybridized carbons (Fsp3) is 0.412. The molecule has 24 heavy (non-hydrogen) atoms. The monoisotopic (exact) mass is 330 g/mol. The van der Waals surface area contributed by atoms with Gasteiger partial charge in [0.1, 0.15) is 0 Å². The summed E-state index contributed by atoms with van der Waals surface area (Å²) in [5.41, 5.74) is 1.40. The van der Waals surface area contributed by atoms with Gasteiger partial charge in [0.15, 0.2) is 0 Å². The van der Waals surface area contributed by atoms with E-state index in [1.54, 1.807) is 24.3 Å². The number of aliphatic imine (C=N–C) groups is 1. The van der Waals surface area contributed by atoms with Gasteiger partial charge in [-0.05, 0) is 43.0 Å². The van der Waals surface area contributed by atoms with Gasteiger partial charge in [-0.1, -0.05) is 6.92 Å². The number of rotatable bonds is 5. The van der Waals surface area contributed by atoms with E-state index in [0.29, 0.717) is 17.2 Å². The number of carboxylic acid groups (broad SMARTS) is 1. The lowest BCUT2D eigenvalue weighted by Crippen LogP contribution is -2.37. The van der Waals surface area contributed by atoms with Gasteiger partial charge in [0.2, 0.25) is 0 Å². The minimum atomic E-state index is -1.03. The number of piperidine rings is 1. The highest BCUT2D eigenvalue weighted by Gasteiger charge is 2.21. The molecule has 0 unspecified atom stereocenters. The van der Waals surface area contributed by atoms with Gasteiger partial charge in [-0.3, -0.25) is 14.6 Å². The number of carbonyl (C=O) groups excluding carboxylic acids is 1. The van der Waals surface area contributed by atoms with Crippen molar-refractivity contribution in [1.29, 1.82) is 0 Å². The summed E-state index contributed by atoms with van der Waals surface area (Å²) in [6.07, 6.45) is 3.11. The molecule has 1 aromatic rings. The number of aliphatic carboxylic acids is 1. The largest absolute Gasteiger partial charge is 0.481 e. The average Bonchev–Trinajstić information content (AvgIpc) is 2.59.